The second kappa shape index (κ2) is 3.46. The van der Waals surface area contributed by atoms with Gasteiger partial charge in [-0.1, -0.05) is 13.0 Å². The van der Waals surface area contributed by atoms with Gasteiger partial charge in [0.25, 0.3) is 0 Å². The van der Waals surface area contributed by atoms with E-state index >= 15 is 0 Å². The monoisotopic (exact) mass is 182 g/mol. The van der Waals surface area contributed by atoms with Crippen LogP contribution in [0.15, 0.2) is 18.2 Å². The van der Waals surface area contributed by atoms with Crippen molar-refractivity contribution in [2.24, 2.45) is 0 Å². The summed E-state index contributed by atoms with van der Waals surface area (Å²) in [6.45, 7) is 5.46. The first-order valence-corrected chi connectivity index (χ1v) is 4.46. The SMILES string of the molecule is CCC(C)(O)c1cc(F)ccc1C. The Morgan fingerprint density at radius 3 is 2.62 bits per heavy atom. The van der Waals surface area contributed by atoms with Gasteiger partial charge in [-0.3, -0.25) is 0 Å². The van der Waals surface area contributed by atoms with Crippen molar-refractivity contribution in [1.82, 2.24) is 0 Å². The third-order valence-corrected chi connectivity index (χ3v) is 2.47. The minimum atomic E-state index is -0.924. The average Bonchev–Trinajstić information content (AvgIpc) is 2.09. The zero-order valence-corrected chi connectivity index (χ0v) is 8.26. The second-order valence-electron chi connectivity index (χ2n) is 3.59. The highest BCUT2D eigenvalue weighted by molar-refractivity contribution is 5.31. The number of aryl methyl sites for hydroxylation is 1. The lowest BCUT2D eigenvalue weighted by Gasteiger charge is -2.23. The highest BCUT2D eigenvalue weighted by Crippen LogP contribution is 2.27. The van der Waals surface area contributed by atoms with E-state index in [0.717, 1.165) is 5.56 Å². The van der Waals surface area contributed by atoms with Crippen LogP contribution >= 0.6 is 0 Å². The fourth-order valence-electron chi connectivity index (χ4n) is 1.36. The van der Waals surface area contributed by atoms with Crippen LogP contribution in [0.3, 0.4) is 0 Å². The summed E-state index contributed by atoms with van der Waals surface area (Å²) in [5.74, 6) is -0.297. The largest absolute Gasteiger partial charge is 0.385 e. The van der Waals surface area contributed by atoms with Gasteiger partial charge < -0.3 is 5.11 Å². The lowest BCUT2D eigenvalue weighted by atomic mass is 9.90. The molecule has 1 atom stereocenters. The van der Waals surface area contributed by atoms with Crippen molar-refractivity contribution in [3.8, 4) is 0 Å². The zero-order chi connectivity index (χ0) is 10.1. The van der Waals surface area contributed by atoms with E-state index in [-0.39, 0.29) is 5.82 Å². The molecule has 0 spiro atoms. The number of aliphatic hydroxyl groups is 1. The summed E-state index contributed by atoms with van der Waals surface area (Å²) in [5, 5.41) is 9.93. The molecule has 2 heteroatoms. The van der Waals surface area contributed by atoms with Crippen molar-refractivity contribution in [2.45, 2.75) is 32.8 Å². The van der Waals surface area contributed by atoms with E-state index in [9.17, 15) is 9.50 Å². The van der Waals surface area contributed by atoms with Crippen molar-refractivity contribution in [3.63, 3.8) is 0 Å². The van der Waals surface area contributed by atoms with Gasteiger partial charge >= 0.3 is 0 Å². The third-order valence-electron chi connectivity index (χ3n) is 2.47. The summed E-state index contributed by atoms with van der Waals surface area (Å²) in [5.41, 5.74) is 0.676. The minimum absolute atomic E-state index is 0.297. The molecule has 0 aromatic heterocycles. The predicted octanol–water partition coefficient (Wildman–Crippen LogP) is 2.75. The molecule has 0 saturated heterocycles. The van der Waals surface area contributed by atoms with Gasteiger partial charge in [-0.05, 0) is 43.5 Å². The van der Waals surface area contributed by atoms with Gasteiger partial charge in [-0.25, -0.2) is 4.39 Å². The topological polar surface area (TPSA) is 20.2 Å². The number of halogens is 1. The molecule has 1 unspecified atom stereocenters. The molecule has 0 aliphatic rings. The molecular weight excluding hydrogens is 167 g/mol. The minimum Gasteiger partial charge on any atom is -0.385 e. The Kier molecular flexibility index (Phi) is 2.71. The van der Waals surface area contributed by atoms with E-state index < -0.39 is 5.60 Å². The van der Waals surface area contributed by atoms with Gasteiger partial charge in [0.1, 0.15) is 5.82 Å². The van der Waals surface area contributed by atoms with Crippen molar-refractivity contribution in [3.05, 3.63) is 35.1 Å². The molecule has 1 rings (SSSR count). The molecule has 0 aliphatic heterocycles. The number of hydrogen-bond acceptors (Lipinski definition) is 1. The number of benzene rings is 1. The highest BCUT2D eigenvalue weighted by atomic mass is 19.1. The maximum absolute atomic E-state index is 12.9. The van der Waals surface area contributed by atoms with Crippen molar-refractivity contribution < 1.29 is 9.50 Å². The molecule has 0 bridgehead atoms. The van der Waals surface area contributed by atoms with Crippen LogP contribution in [-0.2, 0) is 5.60 Å². The summed E-state index contributed by atoms with van der Waals surface area (Å²) in [7, 11) is 0. The molecule has 1 aromatic carbocycles. The summed E-state index contributed by atoms with van der Waals surface area (Å²) < 4.78 is 12.9. The van der Waals surface area contributed by atoms with E-state index in [1.807, 2.05) is 13.8 Å². The van der Waals surface area contributed by atoms with Crippen LogP contribution in [0, 0.1) is 12.7 Å². The van der Waals surface area contributed by atoms with Crippen molar-refractivity contribution in [2.75, 3.05) is 0 Å². The first kappa shape index (κ1) is 10.2. The van der Waals surface area contributed by atoms with Crippen LogP contribution in [0.4, 0.5) is 4.39 Å². The van der Waals surface area contributed by atoms with Gasteiger partial charge in [0.05, 0.1) is 5.60 Å². The Balaban J connectivity index is 3.20. The van der Waals surface area contributed by atoms with Gasteiger partial charge in [0.2, 0.25) is 0 Å². The molecule has 1 aromatic rings. The predicted molar refractivity (Wildman–Crippen MR) is 51.0 cm³/mol. The first-order chi connectivity index (χ1) is 5.97. The standard InChI is InChI=1S/C11H15FO/c1-4-11(3,13)10-7-9(12)6-5-8(10)2/h5-7,13H,4H2,1-3H3. The van der Waals surface area contributed by atoms with Crippen LogP contribution in [0.5, 0.6) is 0 Å². The van der Waals surface area contributed by atoms with Crippen molar-refractivity contribution in [1.29, 1.82) is 0 Å². The Morgan fingerprint density at radius 1 is 1.46 bits per heavy atom. The molecular formula is C11H15FO. The summed E-state index contributed by atoms with van der Waals surface area (Å²) in [6.07, 6.45) is 0.581. The highest BCUT2D eigenvalue weighted by Gasteiger charge is 2.22. The molecule has 1 N–H and O–H groups in total. The van der Waals surface area contributed by atoms with Crippen LogP contribution in [0.25, 0.3) is 0 Å². The summed E-state index contributed by atoms with van der Waals surface area (Å²) in [4.78, 5) is 0. The van der Waals surface area contributed by atoms with Crippen LogP contribution in [-0.4, -0.2) is 5.11 Å². The van der Waals surface area contributed by atoms with E-state index in [4.69, 9.17) is 0 Å². The van der Waals surface area contributed by atoms with Crippen molar-refractivity contribution >= 4 is 0 Å². The lowest BCUT2D eigenvalue weighted by molar-refractivity contribution is 0.0521. The Bertz CT molecular complexity index is 305. The van der Waals surface area contributed by atoms with Gasteiger partial charge in [0.15, 0.2) is 0 Å². The van der Waals surface area contributed by atoms with Crippen LogP contribution in [0.2, 0.25) is 0 Å². The smallest absolute Gasteiger partial charge is 0.123 e. The maximum atomic E-state index is 12.9. The molecule has 13 heavy (non-hydrogen) atoms. The van der Waals surface area contributed by atoms with Crippen LogP contribution in [0.1, 0.15) is 31.4 Å². The van der Waals surface area contributed by atoms with E-state index in [2.05, 4.69) is 0 Å². The molecule has 0 radical (unpaired) electrons. The Hall–Kier alpha value is -0.890. The van der Waals surface area contributed by atoms with Gasteiger partial charge in [-0.2, -0.15) is 0 Å². The molecule has 0 saturated carbocycles. The third kappa shape index (κ3) is 2.07. The fourth-order valence-corrected chi connectivity index (χ4v) is 1.36. The van der Waals surface area contributed by atoms with Gasteiger partial charge in [-0.15, -0.1) is 0 Å². The normalized spacial score (nSPS) is 15.5. The first-order valence-electron chi connectivity index (χ1n) is 4.46. The summed E-state index contributed by atoms with van der Waals surface area (Å²) >= 11 is 0. The van der Waals surface area contributed by atoms with E-state index in [0.29, 0.717) is 12.0 Å². The van der Waals surface area contributed by atoms with E-state index in [1.165, 1.54) is 12.1 Å². The lowest BCUT2D eigenvalue weighted by Crippen LogP contribution is -2.21. The Morgan fingerprint density at radius 2 is 2.08 bits per heavy atom. The molecule has 0 fully saturated rings. The van der Waals surface area contributed by atoms with E-state index in [1.54, 1.807) is 13.0 Å². The summed E-state index contributed by atoms with van der Waals surface area (Å²) in [6, 6.07) is 4.50. The molecule has 0 heterocycles. The zero-order valence-electron chi connectivity index (χ0n) is 8.26. The molecule has 1 nitrogen and oxygen atoms in total. The fraction of sp³-hybridized carbons (Fsp3) is 0.455. The molecule has 0 aliphatic carbocycles. The maximum Gasteiger partial charge on any atom is 0.123 e. The second-order valence-corrected chi connectivity index (χ2v) is 3.59. The quantitative estimate of drug-likeness (QED) is 0.745. The number of rotatable bonds is 2. The average molecular weight is 182 g/mol. The molecule has 0 amide bonds. The molecule has 72 valence electrons. The Labute approximate surface area is 78.2 Å². The van der Waals surface area contributed by atoms with Crippen LogP contribution < -0.4 is 0 Å². The van der Waals surface area contributed by atoms with Gasteiger partial charge in [0, 0.05) is 0 Å². The number of hydrogen-bond donors (Lipinski definition) is 1.